The summed E-state index contributed by atoms with van der Waals surface area (Å²) in [6.07, 6.45) is 1.01. The van der Waals surface area contributed by atoms with Gasteiger partial charge in [0.1, 0.15) is 15.7 Å². The van der Waals surface area contributed by atoms with Crippen LogP contribution in [0.1, 0.15) is 10.4 Å². The van der Waals surface area contributed by atoms with E-state index in [9.17, 15) is 26.0 Å². The van der Waals surface area contributed by atoms with Crippen LogP contribution < -0.4 is 0 Å². The van der Waals surface area contributed by atoms with Gasteiger partial charge in [-0.2, -0.15) is 0 Å². The van der Waals surface area contributed by atoms with Gasteiger partial charge in [-0.1, -0.05) is 0 Å². The van der Waals surface area contributed by atoms with Crippen LogP contribution in [0, 0.1) is 5.82 Å². The molecular weight excluding hydrogens is 345 g/mol. The Balaban J connectivity index is 3.07. The fraction of sp³-hybridized carbons (Fsp3) is 0.364. The van der Waals surface area contributed by atoms with Crippen molar-refractivity contribution >= 4 is 35.5 Å². The van der Waals surface area contributed by atoms with Crippen LogP contribution in [0.3, 0.4) is 0 Å². The standard InChI is InChI=1S/C11H13ClFNO5S2/c1-14(5-6-20(2,16)17)11(15)9-7-8(21(12,18)19)3-4-10(9)13/h3-4,7H,5-6H2,1-2H3. The van der Waals surface area contributed by atoms with Gasteiger partial charge >= 0.3 is 0 Å². The van der Waals surface area contributed by atoms with Crippen LogP contribution in [0.5, 0.6) is 0 Å². The van der Waals surface area contributed by atoms with Crippen molar-refractivity contribution in [3.63, 3.8) is 0 Å². The Hall–Kier alpha value is -1.19. The molecular formula is C11H13ClFNO5S2. The van der Waals surface area contributed by atoms with Crippen molar-refractivity contribution in [1.29, 1.82) is 0 Å². The van der Waals surface area contributed by atoms with Gasteiger partial charge in [0.15, 0.2) is 0 Å². The number of halogens is 2. The van der Waals surface area contributed by atoms with E-state index in [-0.39, 0.29) is 12.3 Å². The monoisotopic (exact) mass is 357 g/mol. The van der Waals surface area contributed by atoms with E-state index in [0.29, 0.717) is 0 Å². The van der Waals surface area contributed by atoms with E-state index in [1.807, 2.05) is 0 Å². The number of rotatable bonds is 5. The Morgan fingerprint density at radius 1 is 1.29 bits per heavy atom. The molecule has 0 aromatic heterocycles. The molecule has 0 aliphatic heterocycles. The SMILES string of the molecule is CN(CCS(C)(=O)=O)C(=O)c1cc(S(=O)(=O)Cl)ccc1F. The molecule has 0 bridgehead atoms. The molecule has 0 saturated heterocycles. The first-order chi connectivity index (χ1) is 9.42. The molecule has 0 radical (unpaired) electrons. The zero-order valence-electron chi connectivity index (χ0n) is 11.2. The molecule has 1 rings (SSSR count). The second-order valence-electron chi connectivity index (χ2n) is 4.44. The van der Waals surface area contributed by atoms with E-state index < -0.39 is 41.1 Å². The highest BCUT2D eigenvalue weighted by atomic mass is 35.7. The largest absolute Gasteiger partial charge is 0.341 e. The lowest BCUT2D eigenvalue weighted by atomic mass is 10.2. The summed E-state index contributed by atoms with van der Waals surface area (Å²) >= 11 is 0. The molecule has 0 N–H and O–H groups in total. The van der Waals surface area contributed by atoms with E-state index in [1.165, 1.54) is 7.05 Å². The number of sulfone groups is 1. The highest BCUT2D eigenvalue weighted by Crippen LogP contribution is 2.19. The van der Waals surface area contributed by atoms with Crippen molar-refractivity contribution in [3.8, 4) is 0 Å². The van der Waals surface area contributed by atoms with Gasteiger partial charge in [-0.25, -0.2) is 21.2 Å². The topological polar surface area (TPSA) is 88.6 Å². The summed E-state index contributed by atoms with van der Waals surface area (Å²) in [5.41, 5.74) is -0.493. The molecule has 1 aromatic rings. The van der Waals surface area contributed by atoms with Gasteiger partial charge < -0.3 is 4.90 Å². The van der Waals surface area contributed by atoms with Crippen molar-refractivity contribution < 1.29 is 26.0 Å². The minimum atomic E-state index is -4.10. The number of amides is 1. The molecule has 0 aliphatic rings. The van der Waals surface area contributed by atoms with Gasteiger partial charge in [-0.3, -0.25) is 4.79 Å². The number of nitrogens with zero attached hydrogens (tertiary/aromatic N) is 1. The zero-order valence-corrected chi connectivity index (χ0v) is 13.6. The zero-order chi connectivity index (χ0) is 16.4. The van der Waals surface area contributed by atoms with Crippen LogP contribution in [-0.2, 0) is 18.9 Å². The Morgan fingerprint density at radius 3 is 2.33 bits per heavy atom. The highest BCUT2D eigenvalue weighted by molar-refractivity contribution is 8.13. The average Bonchev–Trinajstić information content (AvgIpc) is 2.33. The van der Waals surface area contributed by atoms with Crippen LogP contribution in [0.25, 0.3) is 0 Å². The van der Waals surface area contributed by atoms with Crippen LogP contribution in [0.15, 0.2) is 23.1 Å². The molecule has 118 valence electrons. The molecule has 0 spiro atoms. The number of benzene rings is 1. The molecule has 0 atom stereocenters. The second-order valence-corrected chi connectivity index (χ2v) is 9.26. The van der Waals surface area contributed by atoms with E-state index in [4.69, 9.17) is 10.7 Å². The molecule has 0 unspecified atom stereocenters. The van der Waals surface area contributed by atoms with Crippen LogP contribution >= 0.6 is 10.7 Å². The summed E-state index contributed by atoms with van der Waals surface area (Å²) < 4.78 is 58.1. The molecule has 6 nitrogen and oxygen atoms in total. The minimum Gasteiger partial charge on any atom is -0.341 e. The molecule has 10 heteroatoms. The van der Waals surface area contributed by atoms with Crippen molar-refractivity contribution in [2.24, 2.45) is 0 Å². The molecule has 0 aliphatic carbocycles. The fourth-order valence-corrected chi connectivity index (χ4v) is 2.81. The van der Waals surface area contributed by atoms with E-state index in [0.717, 1.165) is 29.4 Å². The highest BCUT2D eigenvalue weighted by Gasteiger charge is 2.21. The van der Waals surface area contributed by atoms with E-state index >= 15 is 0 Å². The minimum absolute atomic E-state index is 0.144. The van der Waals surface area contributed by atoms with E-state index in [1.54, 1.807) is 0 Å². The molecule has 0 saturated carbocycles. The summed E-state index contributed by atoms with van der Waals surface area (Å²) in [6.45, 7) is -0.144. The van der Waals surface area contributed by atoms with Gasteiger partial charge in [0.05, 0.1) is 16.2 Å². The van der Waals surface area contributed by atoms with Crippen molar-refractivity contribution in [2.75, 3.05) is 25.6 Å². The lowest BCUT2D eigenvalue weighted by Crippen LogP contribution is -2.32. The first-order valence-corrected chi connectivity index (χ1v) is 9.96. The first kappa shape index (κ1) is 17.9. The third-order valence-electron chi connectivity index (χ3n) is 2.59. The maximum Gasteiger partial charge on any atom is 0.261 e. The van der Waals surface area contributed by atoms with Crippen molar-refractivity contribution in [1.82, 2.24) is 4.90 Å². The molecule has 1 amide bonds. The second kappa shape index (κ2) is 6.29. The van der Waals surface area contributed by atoms with Gasteiger partial charge in [-0.15, -0.1) is 0 Å². The smallest absolute Gasteiger partial charge is 0.261 e. The number of carbonyl (C=O) groups is 1. The normalized spacial score (nSPS) is 12.2. The summed E-state index contributed by atoms with van der Waals surface area (Å²) in [5.74, 6) is -2.04. The van der Waals surface area contributed by atoms with Crippen molar-refractivity contribution in [2.45, 2.75) is 4.90 Å². The van der Waals surface area contributed by atoms with E-state index in [2.05, 4.69) is 0 Å². The van der Waals surface area contributed by atoms with Crippen molar-refractivity contribution in [3.05, 3.63) is 29.6 Å². The van der Waals surface area contributed by atoms with Gasteiger partial charge in [0, 0.05) is 30.5 Å². The maximum atomic E-state index is 13.6. The molecule has 21 heavy (non-hydrogen) atoms. The predicted octanol–water partition coefficient (Wildman–Crippen LogP) is 0.870. The Labute approximate surface area is 126 Å². The molecule has 1 aromatic carbocycles. The third-order valence-corrected chi connectivity index (χ3v) is 4.87. The summed E-state index contributed by atoms with van der Waals surface area (Å²) in [6, 6.07) is 2.56. The molecule has 0 heterocycles. The Bertz CT molecular complexity index is 761. The number of hydrogen-bond donors (Lipinski definition) is 0. The predicted molar refractivity (Wildman–Crippen MR) is 76.1 cm³/mol. The Kier molecular flexibility index (Phi) is 5.35. The summed E-state index contributed by atoms with van der Waals surface area (Å²) in [5, 5.41) is 0. The summed E-state index contributed by atoms with van der Waals surface area (Å²) in [4.78, 5) is 12.6. The van der Waals surface area contributed by atoms with Gasteiger partial charge in [0.2, 0.25) is 0 Å². The van der Waals surface area contributed by atoms with Crippen LogP contribution in [-0.4, -0.2) is 53.2 Å². The maximum absolute atomic E-state index is 13.6. The number of hydrogen-bond acceptors (Lipinski definition) is 5. The lowest BCUT2D eigenvalue weighted by Gasteiger charge is -2.17. The third kappa shape index (κ3) is 5.25. The average molecular weight is 358 g/mol. The quantitative estimate of drug-likeness (QED) is 0.729. The first-order valence-electron chi connectivity index (χ1n) is 5.59. The summed E-state index contributed by atoms with van der Waals surface area (Å²) in [7, 11) is -0.959. The van der Waals surface area contributed by atoms with Gasteiger partial charge in [-0.05, 0) is 18.2 Å². The fourth-order valence-electron chi connectivity index (χ4n) is 1.43. The van der Waals surface area contributed by atoms with Crippen LogP contribution in [0.2, 0.25) is 0 Å². The lowest BCUT2D eigenvalue weighted by molar-refractivity contribution is 0.0798. The molecule has 0 fully saturated rings. The number of carbonyl (C=O) groups excluding carboxylic acids is 1. The van der Waals surface area contributed by atoms with Crippen LogP contribution in [0.4, 0.5) is 4.39 Å². The van der Waals surface area contributed by atoms with Gasteiger partial charge in [0.25, 0.3) is 15.0 Å². The Morgan fingerprint density at radius 2 is 1.86 bits per heavy atom.